The van der Waals surface area contributed by atoms with E-state index in [2.05, 4.69) is 5.32 Å². The van der Waals surface area contributed by atoms with Gasteiger partial charge in [0.2, 0.25) is 5.91 Å². The number of benzene rings is 1. The first-order valence-corrected chi connectivity index (χ1v) is 8.93. The van der Waals surface area contributed by atoms with Gasteiger partial charge in [-0.15, -0.1) is 0 Å². The minimum atomic E-state index is -0.216. The van der Waals surface area contributed by atoms with Gasteiger partial charge in [0.05, 0.1) is 6.26 Å². The van der Waals surface area contributed by atoms with Crippen LogP contribution >= 0.6 is 0 Å². The van der Waals surface area contributed by atoms with Crippen LogP contribution in [0.3, 0.4) is 0 Å². The third kappa shape index (κ3) is 4.68. The smallest absolute Gasteiger partial charge is 0.290 e. The first-order valence-electron chi connectivity index (χ1n) is 8.93. The second-order valence-electron chi connectivity index (χ2n) is 6.86. The van der Waals surface area contributed by atoms with E-state index in [0.29, 0.717) is 18.0 Å². The molecule has 0 atom stereocenters. The zero-order chi connectivity index (χ0) is 19.4. The maximum atomic E-state index is 12.9. The van der Waals surface area contributed by atoms with Gasteiger partial charge in [-0.2, -0.15) is 0 Å². The molecule has 1 fully saturated rings. The molecule has 1 aromatic heterocycles. The molecule has 1 N–H and O–H groups in total. The number of nitrogens with zero attached hydrogens (tertiary/aromatic N) is 2. The number of ether oxygens (including phenoxy) is 1. The summed E-state index contributed by atoms with van der Waals surface area (Å²) >= 11 is 0. The average molecular weight is 371 g/mol. The van der Waals surface area contributed by atoms with Gasteiger partial charge in [0.25, 0.3) is 5.91 Å². The molecule has 0 unspecified atom stereocenters. The Balaban J connectivity index is 1.85. The van der Waals surface area contributed by atoms with Crippen molar-refractivity contribution < 1.29 is 18.7 Å². The van der Waals surface area contributed by atoms with Crippen molar-refractivity contribution in [2.24, 2.45) is 0 Å². The molecule has 0 spiro atoms. The van der Waals surface area contributed by atoms with E-state index in [9.17, 15) is 9.59 Å². The second-order valence-corrected chi connectivity index (χ2v) is 6.86. The fourth-order valence-electron chi connectivity index (χ4n) is 3.03. The molecule has 0 saturated heterocycles. The molecule has 1 aliphatic carbocycles. The van der Waals surface area contributed by atoms with Crippen molar-refractivity contribution >= 4 is 23.2 Å². The molecule has 1 saturated carbocycles. The highest BCUT2D eigenvalue weighted by Gasteiger charge is 2.34. The van der Waals surface area contributed by atoms with Crippen molar-refractivity contribution in [2.45, 2.75) is 25.4 Å². The van der Waals surface area contributed by atoms with E-state index in [1.54, 1.807) is 12.1 Å². The number of carbonyl (C=O) groups is 2. The number of furan rings is 1. The average Bonchev–Trinajstić information content (AvgIpc) is 3.32. The van der Waals surface area contributed by atoms with Crippen LogP contribution in [0.15, 0.2) is 41.0 Å². The first-order chi connectivity index (χ1) is 13.0. The highest BCUT2D eigenvalue weighted by molar-refractivity contribution is 5.93. The van der Waals surface area contributed by atoms with Crippen molar-refractivity contribution in [1.29, 1.82) is 0 Å². The molecule has 0 aliphatic heterocycles. The van der Waals surface area contributed by atoms with Crippen LogP contribution < -0.4 is 10.2 Å². The molecule has 1 aromatic carbocycles. The van der Waals surface area contributed by atoms with E-state index in [0.717, 1.165) is 24.1 Å². The van der Waals surface area contributed by atoms with E-state index in [-0.39, 0.29) is 24.5 Å². The lowest BCUT2D eigenvalue weighted by atomic mass is 10.1. The Bertz CT molecular complexity index is 798. The number of carbonyl (C=O) groups excluding carboxylic acids is 2. The number of rotatable bonds is 8. The Labute approximate surface area is 158 Å². The van der Waals surface area contributed by atoms with Gasteiger partial charge in [-0.25, -0.2) is 0 Å². The van der Waals surface area contributed by atoms with E-state index in [1.165, 1.54) is 13.4 Å². The van der Waals surface area contributed by atoms with Gasteiger partial charge >= 0.3 is 0 Å². The highest BCUT2D eigenvalue weighted by atomic mass is 16.5. The van der Waals surface area contributed by atoms with Crippen LogP contribution in [0.5, 0.6) is 0 Å². The van der Waals surface area contributed by atoms with Crippen LogP contribution in [-0.4, -0.2) is 50.6 Å². The maximum Gasteiger partial charge on any atom is 0.290 e. The zero-order valence-corrected chi connectivity index (χ0v) is 15.9. The van der Waals surface area contributed by atoms with Gasteiger partial charge in [-0.1, -0.05) is 0 Å². The third-order valence-electron chi connectivity index (χ3n) is 4.44. The summed E-state index contributed by atoms with van der Waals surface area (Å²) in [5.41, 5.74) is 2.64. The molecular weight excluding hydrogens is 346 g/mol. The standard InChI is InChI=1S/C20H25N3O4/c1-22(2)17-9-6-15(21-19(24)13-26-3)11-14(17)12-23(16-7-8-16)20(25)18-5-4-10-27-18/h4-6,9-11,16H,7-8,12-13H2,1-3H3,(H,21,24). The van der Waals surface area contributed by atoms with Crippen molar-refractivity contribution in [2.75, 3.05) is 38.0 Å². The summed E-state index contributed by atoms with van der Waals surface area (Å²) in [4.78, 5) is 28.5. The number of methoxy groups -OCH3 is 1. The number of anilines is 2. The van der Waals surface area contributed by atoms with Crippen LogP contribution in [0.4, 0.5) is 11.4 Å². The largest absolute Gasteiger partial charge is 0.459 e. The summed E-state index contributed by atoms with van der Waals surface area (Å²) in [5.74, 6) is 0.0191. The first kappa shape index (κ1) is 19.0. The molecule has 1 heterocycles. The molecule has 144 valence electrons. The van der Waals surface area contributed by atoms with Gasteiger partial charge in [-0.3, -0.25) is 9.59 Å². The maximum absolute atomic E-state index is 12.9. The molecule has 0 radical (unpaired) electrons. The van der Waals surface area contributed by atoms with Gasteiger partial charge in [0.1, 0.15) is 6.61 Å². The molecule has 1 aliphatic rings. The van der Waals surface area contributed by atoms with E-state index < -0.39 is 0 Å². The fraction of sp³-hybridized carbons (Fsp3) is 0.400. The van der Waals surface area contributed by atoms with E-state index in [4.69, 9.17) is 9.15 Å². The Kier molecular flexibility index (Phi) is 5.81. The highest BCUT2D eigenvalue weighted by Crippen LogP contribution is 2.32. The number of nitrogens with one attached hydrogen (secondary N) is 1. The van der Waals surface area contributed by atoms with Crippen molar-refractivity contribution in [1.82, 2.24) is 4.90 Å². The molecule has 7 nitrogen and oxygen atoms in total. The second kappa shape index (κ2) is 8.26. The molecular formula is C20H25N3O4. The van der Waals surface area contributed by atoms with Gasteiger partial charge in [0.15, 0.2) is 5.76 Å². The van der Waals surface area contributed by atoms with Gasteiger partial charge in [-0.05, 0) is 48.7 Å². The summed E-state index contributed by atoms with van der Waals surface area (Å²) in [7, 11) is 5.39. The lowest BCUT2D eigenvalue weighted by Gasteiger charge is -2.25. The Morgan fingerprint density at radius 1 is 1.26 bits per heavy atom. The van der Waals surface area contributed by atoms with E-state index >= 15 is 0 Å². The predicted octanol–water partition coefficient (Wildman–Crippen LogP) is 2.74. The van der Waals surface area contributed by atoms with Crippen molar-refractivity contribution in [3.63, 3.8) is 0 Å². The van der Waals surface area contributed by atoms with Crippen molar-refractivity contribution in [3.05, 3.63) is 47.9 Å². The van der Waals surface area contributed by atoms with Crippen LogP contribution in [0.2, 0.25) is 0 Å². The summed E-state index contributed by atoms with van der Waals surface area (Å²) in [6.07, 6.45) is 3.50. The third-order valence-corrected chi connectivity index (χ3v) is 4.44. The summed E-state index contributed by atoms with van der Waals surface area (Å²) in [5, 5.41) is 2.82. The Morgan fingerprint density at radius 3 is 2.63 bits per heavy atom. The molecule has 0 bridgehead atoms. The summed E-state index contributed by atoms with van der Waals surface area (Å²) in [6, 6.07) is 9.33. The topological polar surface area (TPSA) is 75.0 Å². The minimum Gasteiger partial charge on any atom is -0.459 e. The monoisotopic (exact) mass is 371 g/mol. The fourth-order valence-corrected chi connectivity index (χ4v) is 3.03. The van der Waals surface area contributed by atoms with Crippen molar-refractivity contribution in [3.8, 4) is 0 Å². The number of hydrogen-bond donors (Lipinski definition) is 1. The molecule has 2 aromatic rings. The normalized spacial score (nSPS) is 13.3. The lowest BCUT2D eigenvalue weighted by molar-refractivity contribution is -0.119. The van der Waals surface area contributed by atoms with E-state index in [1.807, 2.05) is 42.1 Å². The number of amides is 2. The molecule has 7 heteroatoms. The Morgan fingerprint density at radius 2 is 2.04 bits per heavy atom. The van der Waals surface area contributed by atoms with Crippen LogP contribution in [0.25, 0.3) is 0 Å². The molecule has 3 rings (SSSR count). The Hall–Kier alpha value is -2.80. The summed E-state index contributed by atoms with van der Waals surface area (Å²) in [6.45, 7) is 0.446. The summed E-state index contributed by atoms with van der Waals surface area (Å²) < 4.78 is 10.2. The quantitative estimate of drug-likeness (QED) is 0.772. The predicted molar refractivity (Wildman–Crippen MR) is 103 cm³/mol. The van der Waals surface area contributed by atoms with Crippen LogP contribution in [0, 0.1) is 0 Å². The minimum absolute atomic E-state index is 0.00402. The molecule has 2 amide bonds. The number of hydrogen-bond acceptors (Lipinski definition) is 5. The SMILES string of the molecule is COCC(=O)Nc1ccc(N(C)C)c(CN(C(=O)c2ccco2)C2CC2)c1. The van der Waals surface area contributed by atoms with Crippen LogP contribution in [-0.2, 0) is 16.1 Å². The van der Waals surface area contributed by atoms with Crippen LogP contribution in [0.1, 0.15) is 29.0 Å². The van der Waals surface area contributed by atoms with Gasteiger partial charge in [0, 0.05) is 45.2 Å². The lowest BCUT2D eigenvalue weighted by Crippen LogP contribution is -2.33. The zero-order valence-electron chi connectivity index (χ0n) is 15.9. The van der Waals surface area contributed by atoms with Gasteiger partial charge < -0.3 is 24.3 Å². The molecule has 27 heavy (non-hydrogen) atoms.